The minimum Gasteiger partial charge on any atom is -0.493 e. The molecule has 8 nitrogen and oxygen atoms in total. The van der Waals surface area contributed by atoms with E-state index in [0.29, 0.717) is 34.2 Å². The molecule has 4 aromatic rings. The second kappa shape index (κ2) is 8.90. The molecule has 0 bridgehead atoms. The lowest BCUT2D eigenvalue weighted by atomic mass is 9.98. The van der Waals surface area contributed by atoms with E-state index in [2.05, 4.69) is 51.1 Å². The number of carbonyl (C=O) groups is 1. The number of methoxy groups -OCH3 is 3. The molecule has 1 heterocycles. The molecule has 0 spiro atoms. The van der Waals surface area contributed by atoms with E-state index in [1.54, 1.807) is 18.2 Å². The van der Waals surface area contributed by atoms with Crippen molar-refractivity contribution >= 4 is 22.9 Å². The number of nitrogens with one attached hydrogen (secondary N) is 2. The number of hydrogen-bond donors (Lipinski definition) is 2. The molecule has 8 heteroatoms. The highest BCUT2D eigenvalue weighted by Crippen LogP contribution is 2.38. The number of rotatable bonds is 7. The van der Waals surface area contributed by atoms with Crippen LogP contribution in [0.25, 0.3) is 22.0 Å². The number of benzene rings is 3. The Morgan fingerprint density at radius 3 is 2.44 bits per heavy atom. The number of hydrogen-bond acceptors (Lipinski definition) is 6. The van der Waals surface area contributed by atoms with Crippen LogP contribution in [0.15, 0.2) is 53.6 Å². The molecule has 1 aliphatic rings. The zero-order valence-electron chi connectivity index (χ0n) is 19.1. The van der Waals surface area contributed by atoms with Crippen LogP contribution in [0, 0.1) is 0 Å². The second-order valence-electron chi connectivity index (χ2n) is 7.94. The summed E-state index contributed by atoms with van der Waals surface area (Å²) in [5.74, 6) is 1.09. The highest BCUT2D eigenvalue weighted by atomic mass is 16.5. The first-order chi connectivity index (χ1) is 16.6. The van der Waals surface area contributed by atoms with Crippen molar-refractivity contribution in [2.75, 3.05) is 21.3 Å². The van der Waals surface area contributed by atoms with Crippen LogP contribution in [-0.4, -0.2) is 43.6 Å². The van der Waals surface area contributed by atoms with Crippen LogP contribution < -0.4 is 19.6 Å². The van der Waals surface area contributed by atoms with Gasteiger partial charge in [-0.05, 0) is 52.9 Å². The summed E-state index contributed by atoms with van der Waals surface area (Å²) >= 11 is 0. The Kier molecular flexibility index (Phi) is 5.63. The number of amides is 1. The maximum absolute atomic E-state index is 12.6. The van der Waals surface area contributed by atoms with Gasteiger partial charge < -0.3 is 14.2 Å². The van der Waals surface area contributed by atoms with Gasteiger partial charge in [-0.25, -0.2) is 5.43 Å². The predicted octanol–water partition coefficient (Wildman–Crippen LogP) is 4.12. The van der Waals surface area contributed by atoms with Crippen molar-refractivity contribution in [3.05, 3.63) is 70.9 Å². The summed E-state index contributed by atoms with van der Waals surface area (Å²) in [4.78, 5) is 12.6. The number of nitrogens with zero attached hydrogens (tertiary/aromatic N) is 2. The molecule has 172 valence electrons. The van der Waals surface area contributed by atoms with Gasteiger partial charge in [0.2, 0.25) is 5.75 Å². The normalized spacial score (nSPS) is 12.3. The molecule has 1 aliphatic carbocycles. The molecular formula is C26H24N4O4. The zero-order valence-corrected chi connectivity index (χ0v) is 19.1. The van der Waals surface area contributed by atoms with E-state index in [0.717, 1.165) is 23.8 Å². The Morgan fingerprint density at radius 2 is 1.74 bits per heavy atom. The fourth-order valence-corrected chi connectivity index (χ4v) is 4.45. The van der Waals surface area contributed by atoms with Gasteiger partial charge in [0.05, 0.1) is 33.2 Å². The van der Waals surface area contributed by atoms with E-state index < -0.39 is 5.91 Å². The fraction of sp³-hybridized carbons (Fsp3) is 0.192. The van der Waals surface area contributed by atoms with Crippen molar-refractivity contribution in [2.45, 2.75) is 12.8 Å². The van der Waals surface area contributed by atoms with Crippen molar-refractivity contribution in [1.29, 1.82) is 0 Å². The van der Waals surface area contributed by atoms with E-state index in [1.165, 1.54) is 44.1 Å². The molecule has 0 unspecified atom stereocenters. The minimum atomic E-state index is -0.395. The lowest BCUT2D eigenvalue weighted by Gasteiger charge is -2.12. The van der Waals surface area contributed by atoms with Crippen molar-refractivity contribution in [3.8, 4) is 28.5 Å². The molecule has 5 rings (SSSR count). The van der Waals surface area contributed by atoms with Crippen LogP contribution in [-0.2, 0) is 12.8 Å². The van der Waals surface area contributed by atoms with Crippen LogP contribution in [0.1, 0.15) is 27.2 Å². The molecule has 0 saturated carbocycles. The van der Waals surface area contributed by atoms with Crippen molar-refractivity contribution in [3.63, 3.8) is 0 Å². The summed E-state index contributed by atoms with van der Waals surface area (Å²) in [5, 5.41) is 13.7. The third-order valence-corrected chi connectivity index (χ3v) is 6.04. The molecule has 3 aromatic carbocycles. The van der Waals surface area contributed by atoms with Gasteiger partial charge in [0.15, 0.2) is 11.5 Å². The quantitative estimate of drug-likeness (QED) is 0.322. The van der Waals surface area contributed by atoms with Crippen molar-refractivity contribution < 1.29 is 19.0 Å². The van der Waals surface area contributed by atoms with Gasteiger partial charge in [-0.2, -0.15) is 10.2 Å². The Labute approximate surface area is 196 Å². The summed E-state index contributed by atoms with van der Waals surface area (Å²) in [6.45, 7) is 0. The molecule has 1 amide bonds. The average Bonchev–Trinajstić information content (AvgIpc) is 3.52. The topological polar surface area (TPSA) is 97.8 Å². The number of hydrazone groups is 1. The van der Waals surface area contributed by atoms with E-state index in [1.807, 2.05) is 0 Å². The standard InChI is InChI=1S/C26H24N4O4/c1-32-22-11-15(12-23(33-2)25(22)34-3)14-27-30-26(31)21-13-20(28-29-21)18-10-9-17-8-7-16-5-4-6-19(18)24(16)17/h4-6,9-14H,7-8H2,1-3H3,(H,28,29)(H,30,31). The molecule has 0 fully saturated rings. The Balaban J connectivity index is 1.35. The zero-order chi connectivity index (χ0) is 23.7. The first kappa shape index (κ1) is 21.5. The van der Waals surface area contributed by atoms with Gasteiger partial charge in [0.1, 0.15) is 5.69 Å². The summed E-state index contributed by atoms with van der Waals surface area (Å²) in [6, 6.07) is 15.8. The lowest BCUT2D eigenvalue weighted by molar-refractivity contribution is 0.0950. The van der Waals surface area contributed by atoms with Crippen LogP contribution in [0.2, 0.25) is 0 Å². The van der Waals surface area contributed by atoms with Crippen molar-refractivity contribution in [2.24, 2.45) is 5.10 Å². The Hall–Kier alpha value is -4.33. The van der Waals surface area contributed by atoms with Crippen LogP contribution in [0.5, 0.6) is 17.2 Å². The molecule has 0 aliphatic heterocycles. The first-order valence-electron chi connectivity index (χ1n) is 10.9. The van der Waals surface area contributed by atoms with E-state index in [9.17, 15) is 4.79 Å². The minimum absolute atomic E-state index is 0.320. The van der Waals surface area contributed by atoms with Gasteiger partial charge in [0, 0.05) is 11.1 Å². The number of aromatic nitrogens is 2. The molecule has 0 saturated heterocycles. The summed E-state index contributed by atoms with van der Waals surface area (Å²) in [6.07, 6.45) is 3.63. The maximum atomic E-state index is 12.6. The maximum Gasteiger partial charge on any atom is 0.289 e. The second-order valence-corrected chi connectivity index (χ2v) is 7.94. The van der Waals surface area contributed by atoms with Crippen LogP contribution in [0.3, 0.4) is 0 Å². The Morgan fingerprint density at radius 1 is 1.00 bits per heavy atom. The largest absolute Gasteiger partial charge is 0.493 e. The molecular weight excluding hydrogens is 432 g/mol. The van der Waals surface area contributed by atoms with Crippen molar-refractivity contribution in [1.82, 2.24) is 15.6 Å². The SMILES string of the molecule is COc1cc(C=NNC(=O)c2cc(-c3ccc4c5c(cccc35)CC4)n[nH]2)cc(OC)c1OC. The van der Waals surface area contributed by atoms with Gasteiger partial charge in [0.25, 0.3) is 5.91 Å². The monoisotopic (exact) mass is 456 g/mol. The number of H-pyrrole nitrogens is 1. The predicted molar refractivity (Wildman–Crippen MR) is 130 cm³/mol. The summed E-state index contributed by atoms with van der Waals surface area (Å²) < 4.78 is 16.0. The average molecular weight is 457 g/mol. The van der Waals surface area contributed by atoms with E-state index >= 15 is 0 Å². The third kappa shape index (κ3) is 3.73. The van der Waals surface area contributed by atoms with E-state index in [4.69, 9.17) is 14.2 Å². The van der Waals surface area contributed by atoms with Gasteiger partial charge in [-0.1, -0.05) is 30.3 Å². The fourth-order valence-electron chi connectivity index (χ4n) is 4.45. The smallest absolute Gasteiger partial charge is 0.289 e. The summed E-state index contributed by atoms with van der Waals surface area (Å²) in [5.41, 5.74) is 7.97. The van der Waals surface area contributed by atoms with Gasteiger partial charge in [-0.15, -0.1) is 0 Å². The molecule has 34 heavy (non-hydrogen) atoms. The van der Waals surface area contributed by atoms with Crippen LogP contribution >= 0.6 is 0 Å². The number of ether oxygens (including phenoxy) is 3. The highest BCUT2D eigenvalue weighted by molar-refractivity contribution is 6.02. The van der Waals surface area contributed by atoms with Gasteiger partial charge in [-0.3, -0.25) is 9.89 Å². The first-order valence-corrected chi connectivity index (χ1v) is 10.9. The Bertz CT molecular complexity index is 1390. The van der Waals surface area contributed by atoms with Crippen LogP contribution in [0.4, 0.5) is 0 Å². The van der Waals surface area contributed by atoms with Gasteiger partial charge >= 0.3 is 0 Å². The van der Waals surface area contributed by atoms with E-state index in [-0.39, 0.29) is 0 Å². The molecule has 2 N–H and O–H groups in total. The third-order valence-electron chi connectivity index (χ3n) is 6.04. The summed E-state index contributed by atoms with van der Waals surface area (Å²) in [7, 11) is 4.62. The molecule has 1 aromatic heterocycles. The number of aromatic amines is 1. The number of carbonyl (C=O) groups excluding carboxylic acids is 1. The lowest BCUT2D eigenvalue weighted by Crippen LogP contribution is -2.18. The highest BCUT2D eigenvalue weighted by Gasteiger charge is 2.18. The molecule has 0 atom stereocenters. The number of aryl methyl sites for hydroxylation is 2. The molecule has 0 radical (unpaired) electrons.